The summed E-state index contributed by atoms with van der Waals surface area (Å²) >= 11 is 0. The molecule has 0 radical (unpaired) electrons. The van der Waals surface area contributed by atoms with Crippen molar-refractivity contribution in [3.8, 4) is 5.75 Å². The van der Waals surface area contributed by atoms with E-state index in [0.717, 1.165) is 25.9 Å². The van der Waals surface area contributed by atoms with Gasteiger partial charge in [-0.05, 0) is 37.5 Å². The Morgan fingerprint density at radius 3 is 3.00 bits per heavy atom. The van der Waals surface area contributed by atoms with E-state index in [-0.39, 0.29) is 17.8 Å². The van der Waals surface area contributed by atoms with Crippen molar-refractivity contribution in [1.82, 2.24) is 4.90 Å². The topological polar surface area (TPSA) is 75.8 Å². The van der Waals surface area contributed by atoms with Gasteiger partial charge in [-0.1, -0.05) is 0 Å². The first-order valence-corrected chi connectivity index (χ1v) is 6.53. The van der Waals surface area contributed by atoms with Gasteiger partial charge in [0, 0.05) is 25.9 Å². The maximum Gasteiger partial charge on any atom is 0.255 e. The second-order valence-corrected chi connectivity index (χ2v) is 4.95. The molecule has 1 unspecified atom stereocenters. The molecule has 5 heteroatoms. The largest absolute Gasteiger partial charge is 0.508 e. The normalized spacial score (nSPS) is 19.1. The summed E-state index contributed by atoms with van der Waals surface area (Å²) in [7, 11) is 1.73. The van der Waals surface area contributed by atoms with E-state index < -0.39 is 0 Å². The lowest BCUT2D eigenvalue weighted by molar-refractivity contribution is -0.000173. The highest BCUT2D eigenvalue weighted by atomic mass is 16.5. The first kappa shape index (κ1) is 13.7. The number of amides is 1. The van der Waals surface area contributed by atoms with Gasteiger partial charge in [-0.15, -0.1) is 0 Å². The lowest BCUT2D eigenvalue weighted by atomic mass is 10.1. The highest BCUT2D eigenvalue weighted by Gasteiger charge is 2.21. The molecule has 1 amide bonds. The van der Waals surface area contributed by atoms with Crippen LogP contribution in [0.3, 0.4) is 0 Å². The number of nitrogens with zero attached hydrogens (tertiary/aromatic N) is 1. The Bertz CT molecular complexity index is 456. The van der Waals surface area contributed by atoms with Gasteiger partial charge in [0.05, 0.1) is 11.7 Å². The van der Waals surface area contributed by atoms with Gasteiger partial charge in [-0.3, -0.25) is 4.79 Å². The predicted molar refractivity (Wildman–Crippen MR) is 73.1 cm³/mol. The fourth-order valence-corrected chi connectivity index (χ4v) is 2.27. The van der Waals surface area contributed by atoms with Crippen molar-refractivity contribution < 1.29 is 14.6 Å². The summed E-state index contributed by atoms with van der Waals surface area (Å²) < 4.78 is 5.61. The van der Waals surface area contributed by atoms with Gasteiger partial charge in [0.15, 0.2) is 0 Å². The van der Waals surface area contributed by atoms with Gasteiger partial charge >= 0.3 is 0 Å². The van der Waals surface area contributed by atoms with E-state index in [4.69, 9.17) is 10.5 Å². The number of likely N-dealkylation sites (N-methyl/N-ethyl adjacent to an activating group) is 1. The molecule has 3 N–H and O–H groups in total. The maximum atomic E-state index is 12.3. The third-order valence-electron chi connectivity index (χ3n) is 3.37. The monoisotopic (exact) mass is 264 g/mol. The van der Waals surface area contributed by atoms with Crippen molar-refractivity contribution in [3.63, 3.8) is 0 Å². The molecule has 2 rings (SSSR count). The molecule has 1 saturated heterocycles. The van der Waals surface area contributed by atoms with Crippen LogP contribution in [0.1, 0.15) is 29.6 Å². The molecule has 1 heterocycles. The van der Waals surface area contributed by atoms with Gasteiger partial charge in [0.1, 0.15) is 5.75 Å². The Labute approximate surface area is 113 Å². The van der Waals surface area contributed by atoms with Crippen LogP contribution in [0.25, 0.3) is 0 Å². The molecule has 1 aliphatic heterocycles. The Hall–Kier alpha value is -1.75. The van der Waals surface area contributed by atoms with Crippen LogP contribution in [0.15, 0.2) is 18.2 Å². The molecule has 1 aromatic rings. The fourth-order valence-electron chi connectivity index (χ4n) is 2.27. The molecule has 0 aliphatic carbocycles. The van der Waals surface area contributed by atoms with Crippen LogP contribution in [-0.2, 0) is 4.74 Å². The Balaban J connectivity index is 2.03. The lowest BCUT2D eigenvalue weighted by Gasteiger charge is -2.27. The third-order valence-corrected chi connectivity index (χ3v) is 3.37. The van der Waals surface area contributed by atoms with Crippen molar-refractivity contribution in [1.29, 1.82) is 0 Å². The number of phenolic OH excluding ortho intramolecular Hbond substituents is 1. The average molecular weight is 264 g/mol. The van der Waals surface area contributed by atoms with Gasteiger partial charge in [0.2, 0.25) is 0 Å². The molecule has 0 saturated carbocycles. The third kappa shape index (κ3) is 3.38. The summed E-state index contributed by atoms with van der Waals surface area (Å²) in [5.41, 5.74) is 6.48. The summed E-state index contributed by atoms with van der Waals surface area (Å²) in [5.74, 6) is -0.151. The Morgan fingerprint density at radius 2 is 2.32 bits per heavy atom. The molecule has 1 atom stereocenters. The average Bonchev–Trinajstić information content (AvgIpc) is 2.42. The summed E-state index contributed by atoms with van der Waals surface area (Å²) in [6.45, 7) is 1.31. The number of nitrogens with two attached hydrogens (primary N) is 1. The lowest BCUT2D eigenvalue weighted by Crippen LogP contribution is -2.37. The molecule has 0 bridgehead atoms. The van der Waals surface area contributed by atoms with Crippen LogP contribution in [0.4, 0.5) is 5.69 Å². The summed E-state index contributed by atoms with van der Waals surface area (Å²) in [4.78, 5) is 13.9. The van der Waals surface area contributed by atoms with Crippen LogP contribution in [0.5, 0.6) is 5.75 Å². The number of phenols is 1. The standard InChI is InChI=1S/C14H20N2O3/c1-16(9-11-4-2-3-7-19-11)14(18)12-8-10(17)5-6-13(12)15/h5-6,8,11,17H,2-4,7,9,15H2,1H3. The highest BCUT2D eigenvalue weighted by molar-refractivity contribution is 5.99. The molecule has 5 nitrogen and oxygen atoms in total. The van der Waals surface area contributed by atoms with Crippen molar-refractivity contribution in [2.45, 2.75) is 25.4 Å². The van der Waals surface area contributed by atoms with Crippen LogP contribution in [0, 0.1) is 0 Å². The summed E-state index contributed by atoms with van der Waals surface area (Å²) in [5, 5.41) is 9.44. The molecule has 104 valence electrons. The van der Waals surface area contributed by atoms with E-state index >= 15 is 0 Å². The minimum Gasteiger partial charge on any atom is -0.508 e. The van der Waals surface area contributed by atoms with E-state index in [1.54, 1.807) is 11.9 Å². The molecular formula is C14H20N2O3. The molecule has 1 aromatic carbocycles. The van der Waals surface area contributed by atoms with Crippen molar-refractivity contribution >= 4 is 11.6 Å². The van der Waals surface area contributed by atoms with Crippen molar-refractivity contribution in [2.75, 3.05) is 25.9 Å². The van der Waals surface area contributed by atoms with Gasteiger partial charge in [0.25, 0.3) is 5.91 Å². The molecular weight excluding hydrogens is 244 g/mol. The van der Waals surface area contributed by atoms with Crippen molar-refractivity contribution in [3.05, 3.63) is 23.8 Å². The number of benzene rings is 1. The molecule has 19 heavy (non-hydrogen) atoms. The maximum absolute atomic E-state index is 12.3. The number of carbonyl (C=O) groups excluding carboxylic acids is 1. The SMILES string of the molecule is CN(CC1CCCCO1)C(=O)c1cc(O)ccc1N. The molecule has 1 aliphatic rings. The second-order valence-electron chi connectivity index (χ2n) is 4.95. The van der Waals surface area contributed by atoms with Gasteiger partial charge < -0.3 is 20.5 Å². The Kier molecular flexibility index (Phi) is 4.27. The Morgan fingerprint density at radius 1 is 1.53 bits per heavy atom. The smallest absolute Gasteiger partial charge is 0.255 e. The zero-order valence-corrected chi connectivity index (χ0v) is 11.1. The first-order valence-electron chi connectivity index (χ1n) is 6.53. The van der Waals surface area contributed by atoms with E-state index in [1.165, 1.54) is 18.2 Å². The number of hydrogen-bond acceptors (Lipinski definition) is 4. The van der Waals surface area contributed by atoms with Gasteiger partial charge in [-0.2, -0.15) is 0 Å². The summed E-state index contributed by atoms with van der Waals surface area (Å²) in [6.07, 6.45) is 3.31. The van der Waals surface area contributed by atoms with E-state index in [2.05, 4.69) is 0 Å². The zero-order chi connectivity index (χ0) is 13.8. The fraction of sp³-hybridized carbons (Fsp3) is 0.500. The number of rotatable bonds is 3. The van der Waals surface area contributed by atoms with Crippen LogP contribution in [0.2, 0.25) is 0 Å². The van der Waals surface area contributed by atoms with Crippen molar-refractivity contribution in [2.24, 2.45) is 0 Å². The van der Waals surface area contributed by atoms with Crippen LogP contribution < -0.4 is 5.73 Å². The number of ether oxygens (including phenoxy) is 1. The van der Waals surface area contributed by atoms with E-state index in [1.807, 2.05) is 0 Å². The van der Waals surface area contributed by atoms with E-state index in [9.17, 15) is 9.90 Å². The number of aromatic hydroxyl groups is 1. The number of carbonyl (C=O) groups is 1. The number of hydrogen-bond donors (Lipinski definition) is 2. The zero-order valence-electron chi connectivity index (χ0n) is 11.1. The molecule has 0 aromatic heterocycles. The predicted octanol–water partition coefficient (Wildman–Crippen LogP) is 1.62. The first-order chi connectivity index (χ1) is 9.08. The van der Waals surface area contributed by atoms with Crippen LogP contribution >= 0.6 is 0 Å². The minimum atomic E-state index is -0.192. The summed E-state index contributed by atoms with van der Waals surface area (Å²) in [6, 6.07) is 4.40. The van der Waals surface area contributed by atoms with Crippen LogP contribution in [-0.4, -0.2) is 42.2 Å². The highest BCUT2D eigenvalue weighted by Crippen LogP contribution is 2.21. The van der Waals surface area contributed by atoms with Gasteiger partial charge in [-0.25, -0.2) is 0 Å². The number of anilines is 1. The van der Waals surface area contributed by atoms with E-state index in [0.29, 0.717) is 17.8 Å². The number of nitrogen functional groups attached to an aromatic ring is 1. The molecule has 1 fully saturated rings. The second kappa shape index (κ2) is 5.93. The molecule has 0 spiro atoms. The quantitative estimate of drug-likeness (QED) is 0.642. The minimum absolute atomic E-state index is 0.0415.